The lowest BCUT2D eigenvalue weighted by Gasteiger charge is -2.34. The monoisotopic (exact) mass is 428 g/mol. The molecule has 2 N–H and O–H groups in total. The third-order valence-electron chi connectivity index (χ3n) is 5.04. The van der Waals surface area contributed by atoms with Crippen molar-refractivity contribution in [2.24, 2.45) is 0 Å². The highest BCUT2D eigenvalue weighted by Crippen LogP contribution is 2.19. The maximum absolute atomic E-state index is 13.8. The highest BCUT2D eigenvalue weighted by molar-refractivity contribution is 7.89. The minimum absolute atomic E-state index is 0.211. The zero-order chi connectivity index (χ0) is 21.2. The molecule has 2 aromatic carbocycles. The molecular weight excluding hydrogens is 407 g/mol. The predicted octanol–water partition coefficient (Wildman–Crippen LogP) is 1.02. The van der Waals surface area contributed by atoms with Gasteiger partial charge in [-0.15, -0.1) is 0 Å². The molecule has 29 heavy (non-hydrogen) atoms. The number of amides is 1. The summed E-state index contributed by atoms with van der Waals surface area (Å²) in [5.41, 5.74) is -0.439. The second kappa shape index (κ2) is 8.52. The number of rotatable bonds is 5. The van der Waals surface area contributed by atoms with E-state index < -0.39 is 45.1 Å². The van der Waals surface area contributed by atoms with Gasteiger partial charge in [0.15, 0.2) is 23.5 Å². The molecule has 0 bridgehead atoms. The second-order valence-electron chi connectivity index (χ2n) is 6.81. The van der Waals surface area contributed by atoms with Crippen molar-refractivity contribution in [1.82, 2.24) is 4.31 Å². The van der Waals surface area contributed by atoms with Gasteiger partial charge in [0.05, 0.1) is 36.8 Å². The summed E-state index contributed by atoms with van der Waals surface area (Å²) in [4.78, 5) is 13.4. The van der Waals surface area contributed by atoms with Crippen molar-refractivity contribution in [1.29, 1.82) is 0 Å². The van der Waals surface area contributed by atoms with Crippen LogP contribution in [0.25, 0.3) is 0 Å². The minimum Gasteiger partial charge on any atom is -0.323 e. The Morgan fingerprint density at radius 3 is 2.28 bits per heavy atom. The van der Waals surface area contributed by atoms with E-state index in [0.29, 0.717) is 13.1 Å². The van der Waals surface area contributed by atoms with Gasteiger partial charge in [-0.05, 0) is 31.2 Å². The van der Waals surface area contributed by atoms with E-state index in [2.05, 4.69) is 5.32 Å². The molecule has 1 aliphatic rings. The Labute approximate surface area is 167 Å². The van der Waals surface area contributed by atoms with Crippen molar-refractivity contribution in [3.05, 3.63) is 59.9 Å². The number of hydrogen-bond donors (Lipinski definition) is 2. The van der Waals surface area contributed by atoms with Gasteiger partial charge in [0.1, 0.15) is 0 Å². The van der Waals surface area contributed by atoms with E-state index in [1.165, 1.54) is 16.4 Å². The molecule has 0 spiro atoms. The lowest BCUT2D eigenvalue weighted by Crippen LogP contribution is -3.19. The lowest BCUT2D eigenvalue weighted by molar-refractivity contribution is -0.917. The number of sulfonamides is 1. The van der Waals surface area contributed by atoms with E-state index in [1.807, 2.05) is 0 Å². The standard InChI is InChI=1S/C19H20F3N3O3S/c1-13(19(26)23-16-8-7-15(20)17(21)18(16)22)24-9-11-25(12-10-24)29(27,28)14-5-3-2-4-6-14/h2-8,13H,9-12H2,1H3,(H,23,26)/p+1/t13-/m0/s1. The minimum atomic E-state index is -3.60. The summed E-state index contributed by atoms with van der Waals surface area (Å²) in [6, 6.07) is 9.15. The summed E-state index contributed by atoms with van der Waals surface area (Å²) < 4.78 is 66.8. The Morgan fingerprint density at radius 1 is 1.03 bits per heavy atom. The predicted molar refractivity (Wildman–Crippen MR) is 100 cm³/mol. The maximum atomic E-state index is 13.8. The molecule has 1 saturated heterocycles. The average molecular weight is 428 g/mol. The first kappa shape index (κ1) is 21.3. The van der Waals surface area contributed by atoms with Gasteiger partial charge in [-0.2, -0.15) is 4.31 Å². The van der Waals surface area contributed by atoms with Crippen LogP contribution in [0.3, 0.4) is 0 Å². The molecule has 156 valence electrons. The Kier molecular flexibility index (Phi) is 6.25. The Balaban J connectivity index is 1.62. The van der Waals surface area contributed by atoms with Crippen LogP contribution in [0.1, 0.15) is 6.92 Å². The Morgan fingerprint density at radius 2 is 1.66 bits per heavy atom. The van der Waals surface area contributed by atoms with Crippen molar-refractivity contribution < 1.29 is 31.3 Å². The van der Waals surface area contributed by atoms with Crippen LogP contribution in [0.4, 0.5) is 18.9 Å². The van der Waals surface area contributed by atoms with Gasteiger partial charge < -0.3 is 10.2 Å². The number of hydrogen-bond acceptors (Lipinski definition) is 3. The SMILES string of the molecule is C[C@@H](C(=O)Nc1ccc(F)c(F)c1F)[NH+]1CCN(S(=O)(=O)c2ccccc2)CC1. The van der Waals surface area contributed by atoms with Crippen LogP contribution in [-0.4, -0.2) is 50.9 Å². The van der Waals surface area contributed by atoms with E-state index in [9.17, 15) is 26.4 Å². The largest absolute Gasteiger partial charge is 0.323 e. The van der Waals surface area contributed by atoms with Gasteiger partial charge in [-0.25, -0.2) is 21.6 Å². The van der Waals surface area contributed by atoms with Crippen LogP contribution < -0.4 is 10.2 Å². The van der Waals surface area contributed by atoms with E-state index in [1.54, 1.807) is 25.1 Å². The van der Waals surface area contributed by atoms with Gasteiger partial charge in [0.2, 0.25) is 10.0 Å². The molecule has 1 aliphatic heterocycles. The van der Waals surface area contributed by atoms with Gasteiger partial charge in [0, 0.05) is 0 Å². The van der Waals surface area contributed by atoms with Gasteiger partial charge in [-0.3, -0.25) is 4.79 Å². The number of benzene rings is 2. The van der Waals surface area contributed by atoms with Crippen molar-refractivity contribution in [3.63, 3.8) is 0 Å². The molecule has 6 nitrogen and oxygen atoms in total. The van der Waals surface area contributed by atoms with Crippen molar-refractivity contribution in [2.75, 3.05) is 31.5 Å². The fourth-order valence-corrected chi connectivity index (χ4v) is 4.70. The summed E-state index contributed by atoms with van der Waals surface area (Å²) in [7, 11) is -3.60. The summed E-state index contributed by atoms with van der Waals surface area (Å²) >= 11 is 0. The maximum Gasteiger partial charge on any atom is 0.282 e. The Bertz CT molecular complexity index is 995. The summed E-state index contributed by atoms with van der Waals surface area (Å²) in [6.45, 7) is 2.82. The number of nitrogens with zero attached hydrogens (tertiary/aromatic N) is 1. The van der Waals surface area contributed by atoms with E-state index >= 15 is 0 Å². The second-order valence-corrected chi connectivity index (χ2v) is 8.75. The first-order valence-electron chi connectivity index (χ1n) is 9.06. The summed E-state index contributed by atoms with van der Waals surface area (Å²) in [6.07, 6.45) is 0. The number of anilines is 1. The topological polar surface area (TPSA) is 70.9 Å². The number of piperazine rings is 1. The average Bonchev–Trinajstić information content (AvgIpc) is 2.74. The van der Waals surface area contributed by atoms with E-state index in [4.69, 9.17) is 0 Å². The Hall–Kier alpha value is -2.43. The number of nitrogens with one attached hydrogen (secondary N) is 2. The molecule has 0 aliphatic carbocycles. The molecule has 0 saturated carbocycles. The molecule has 3 rings (SSSR count). The fraction of sp³-hybridized carbons (Fsp3) is 0.316. The highest BCUT2D eigenvalue weighted by Gasteiger charge is 2.34. The number of carbonyl (C=O) groups excluding carboxylic acids is 1. The lowest BCUT2D eigenvalue weighted by atomic mass is 10.2. The van der Waals surface area contributed by atoms with Crippen molar-refractivity contribution in [3.8, 4) is 0 Å². The zero-order valence-corrected chi connectivity index (χ0v) is 16.5. The zero-order valence-electron chi connectivity index (χ0n) is 15.7. The fourth-order valence-electron chi connectivity index (χ4n) is 3.24. The molecule has 1 atom stereocenters. The molecule has 1 fully saturated rings. The van der Waals surface area contributed by atoms with Gasteiger partial charge in [0.25, 0.3) is 5.91 Å². The molecule has 0 radical (unpaired) electrons. The first-order chi connectivity index (χ1) is 13.7. The molecule has 2 aromatic rings. The molecule has 10 heteroatoms. The van der Waals surface area contributed by atoms with Crippen molar-refractivity contribution >= 4 is 21.6 Å². The summed E-state index contributed by atoms with van der Waals surface area (Å²) in [5, 5.41) is 2.27. The van der Waals surface area contributed by atoms with Crippen LogP contribution in [0, 0.1) is 17.5 Å². The van der Waals surface area contributed by atoms with Gasteiger partial charge >= 0.3 is 0 Å². The van der Waals surface area contributed by atoms with Crippen LogP contribution in [0.15, 0.2) is 47.4 Å². The van der Waals surface area contributed by atoms with E-state index in [-0.39, 0.29) is 18.0 Å². The van der Waals surface area contributed by atoms with Crippen LogP contribution in [0.5, 0.6) is 0 Å². The normalized spacial score (nSPS) is 17.1. The molecule has 1 amide bonds. The number of carbonyl (C=O) groups is 1. The van der Waals surface area contributed by atoms with Crippen LogP contribution in [0.2, 0.25) is 0 Å². The third kappa shape index (κ3) is 4.44. The highest BCUT2D eigenvalue weighted by atomic mass is 32.2. The summed E-state index contributed by atoms with van der Waals surface area (Å²) in [5.74, 6) is -5.01. The molecule has 1 heterocycles. The van der Waals surface area contributed by atoms with Crippen LogP contribution in [-0.2, 0) is 14.8 Å². The molecule has 0 unspecified atom stereocenters. The smallest absolute Gasteiger partial charge is 0.282 e. The first-order valence-corrected chi connectivity index (χ1v) is 10.5. The third-order valence-corrected chi connectivity index (χ3v) is 6.96. The number of halogens is 3. The quantitative estimate of drug-likeness (QED) is 0.699. The van der Waals surface area contributed by atoms with Crippen molar-refractivity contribution in [2.45, 2.75) is 17.9 Å². The molecule has 0 aromatic heterocycles. The van der Waals surface area contributed by atoms with E-state index in [0.717, 1.165) is 17.0 Å². The molecular formula is C19H21F3N3O3S+. The van der Waals surface area contributed by atoms with Crippen LogP contribution >= 0.6 is 0 Å². The van der Waals surface area contributed by atoms with Gasteiger partial charge in [-0.1, -0.05) is 18.2 Å². The number of quaternary nitrogens is 1.